The molecule has 0 spiro atoms. The summed E-state index contributed by atoms with van der Waals surface area (Å²) in [5.74, 6) is -0.580. The van der Waals surface area contributed by atoms with Gasteiger partial charge in [-0.1, -0.05) is 6.08 Å². The van der Waals surface area contributed by atoms with Gasteiger partial charge in [0.05, 0.1) is 6.61 Å². The van der Waals surface area contributed by atoms with Gasteiger partial charge in [-0.15, -0.1) is 6.58 Å². The molecule has 0 aliphatic rings. The number of hydrogen-bond acceptors (Lipinski definition) is 4. The van der Waals surface area contributed by atoms with Crippen molar-refractivity contribution in [3.63, 3.8) is 0 Å². The SMILES string of the molecule is C=CCN(CC(=O)OCC)S(=O)(=O)NC(C)C. The lowest BCUT2D eigenvalue weighted by Gasteiger charge is -2.21. The maximum atomic E-state index is 11.8. The van der Waals surface area contributed by atoms with Crippen molar-refractivity contribution in [3.05, 3.63) is 12.7 Å². The van der Waals surface area contributed by atoms with E-state index in [1.807, 2.05) is 0 Å². The molecule has 0 saturated heterocycles. The predicted molar refractivity (Wildman–Crippen MR) is 65.6 cm³/mol. The van der Waals surface area contributed by atoms with Crippen LogP contribution in [0.5, 0.6) is 0 Å². The van der Waals surface area contributed by atoms with Gasteiger partial charge in [0.1, 0.15) is 6.54 Å². The van der Waals surface area contributed by atoms with Gasteiger partial charge >= 0.3 is 5.97 Å². The zero-order valence-electron chi connectivity index (χ0n) is 10.5. The Labute approximate surface area is 103 Å². The molecule has 0 aliphatic heterocycles. The summed E-state index contributed by atoms with van der Waals surface area (Å²) in [6.45, 7) is 8.49. The third kappa shape index (κ3) is 6.40. The Morgan fingerprint density at radius 3 is 2.53 bits per heavy atom. The Balaban J connectivity index is 4.72. The fourth-order valence-corrected chi connectivity index (χ4v) is 2.44. The highest BCUT2D eigenvalue weighted by Gasteiger charge is 2.24. The molecule has 0 bridgehead atoms. The van der Waals surface area contributed by atoms with Crippen LogP contribution in [0.25, 0.3) is 0 Å². The van der Waals surface area contributed by atoms with Crippen LogP contribution in [0.2, 0.25) is 0 Å². The van der Waals surface area contributed by atoms with Gasteiger partial charge in [0.25, 0.3) is 10.2 Å². The van der Waals surface area contributed by atoms with E-state index in [0.29, 0.717) is 0 Å². The van der Waals surface area contributed by atoms with Gasteiger partial charge in [-0.3, -0.25) is 4.79 Å². The molecule has 100 valence electrons. The van der Waals surface area contributed by atoms with Crippen molar-refractivity contribution < 1.29 is 17.9 Å². The Morgan fingerprint density at radius 1 is 1.53 bits per heavy atom. The molecule has 0 rings (SSSR count). The monoisotopic (exact) mass is 264 g/mol. The van der Waals surface area contributed by atoms with Gasteiger partial charge in [-0.05, 0) is 20.8 Å². The molecule has 0 amide bonds. The molecule has 17 heavy (non-hydrogen) atoms. The molecule has 0 saturated carbocycles. The largest absolute Gasteiger partial charge is 0.465 e. The first-order chi connectivity index (χ1) is 7.83. The maximum Gasteiger partial charge on any atom is 0.321 e. The van der Waals surface area contributed by atoms with E-state index >= 15 is 0 Å². The summed E-state index contributed by atoms with van der Waals surface area (Å²) >= 11 is 0. The van der Waals surface area contributed by atoms with E-state index in [4.69, 9.17) is 4.74 Å². The molecule has 0 aromatic carbocycles. The standard InChI is InChI=1S/C10H20N2O4S/c1-5-7-12(8-10(13)16-6-2)17(14,15)11-9(3)4/h5,9,11H,1,6-8H2,2-4H3. The number of ether oxygens (including phenoxy) is 1. The van der Waals surface area contributed by atoms with E-state index < -0.39 is 16.2 Å². The molecular weight excluding hydrogens is 244 g/mol. The van der Waals surface area contributed by atoms with Gasteiger partial charge in [-0.2, -0.15) is 17.4 Å². The summed E-state index contributed by atoms with van der Waals surface area (Å²) in [7, 11) is -3.69. The first-order valence-corrected chi connectivity index (χ1v) is 6.81. The fraction of sp³-hybridized carbons (Fsp3) is 0.700. The van der Waals surface area contributed by atoms with Crippen molar-refractivity contribution in [2.24, 2.45) is 0 Å². The molecule has 0 fully saturated rings. The van der Waals surface area contributed by atoms with E-state index in [0.717, 1.165) is 4.31 Å². The van der Waals surface area contributed by atoms with E-state index in [2.05, 4.69) is 11.3 Å². The predicted octanol–water partition coefficient (Wildman–Crippen LogP) is 0.280. The topological polar surface area (TPSA) is 75.7 Å². The van der Waals surface area contributed by atoms with Crippen LogP contribution in [0.15, 0.2) is 12.7 Å². The van der Waals surface area contributed by atoms with Crippen LogP contribution in [0.3, 0.4) is 0 Å². The minimum atomic E-state index is -3.69. The van der Waals surface area contributed by atoms with E-state index in [-0.39, 0.29) is 25.7 Å². The zero-order chi connectivity index (χ0) is 13.5. The zero-order valence-corrected chi connectivity index (χ0v) is 11.3. The molecule has 7 heteroatoms. The summed E-state index contributed by atoms with van der Waals surface area (Å²) < 4.78 is 31.8. The molecule has 0 aliphatic carbocycles. The van der Waals surface area contributed by atoms with Crippen LogP contribution in [0, 0.1) is 0 Å². The van der Waals surface area contributed by atoms with Crippen LogP contribution in [-0.4, -0.2) is 44.4 Å². The van der Waals surface area contributed by atoms with Crippen LogP contribution >= 0.6 is 0 Å². The highest BCUT2D eigenvalue weighted by Crippen LogP contribution is 2.00. The summed E-state index contributed by atoms with van der Waals surface area (Å²) in [5.41, 5.74) is 0. The van der Waals surface area contributed by atoms with E-state index in [1.54, 1.807) is 20.8 Å². The van der Waals surface area contributed by atoms with Crippen molar-refractivity contribution >= 4 is 16.2 Å². The Morgan fingerprint density at radius 2 is 2.12 bits per heavy atom. The average molecular weight is 264 g/mol. The summed E-state index contributed by atoms with van der Waals surface area (Å²) in [4.78, 5) is 11.3. The first kappa shape index (κ1) is 16.1. The second-order valence-electron chi connectivity index (χ2n) is 3.66. The number of nitrogens with zero attached hydrogens (tertiary/aromatic N) is 1. The summed E-state index contributed by atoms with van der Waals surface area (Å²) in [5, 5.41) is 0. The van der Waals surface area contributed by atoms with Crippen molar-refractivity contribution in [2.75, 3.05) is 19.7 Å². The normalized spacial score (nSPS) is 11.8. The van der Waals surface area contributed by atoms with Gasteiger partial charge in [0.15, 0.2) is 0 Å². The highest BCUT2D eigenvalue weighted by molar-refractivity contribution is 7.87. The van der Waals surface area contributed by atoms with Crippen molar-refractivity contribution in [3.8, 4) is 0 Å². The highest BCUT2D eigenvalue weighted by atomic mass is 32.2. The number of hydrogen-bond donors (Lipinski definition) is 1. The summed E-state index contributed by atoms with van der Waals surface area (Å²) in [6, 6.07) is -0.241. The smallest absolute Gasteiger partial charge is 0.321 e. The molecule has 0 aromatic heterocycles. The van der Waals surface area contributed by atoms with Gasteiger partial charge in [-0.25, -0.2) is 0 Å². The Bertz CT molecular complexity index is 351. The number of carbonyl (C=O) groups excluding carboxylic acids is 1. The van der Waals surface area contributed by atoms with E-state index in [1.165, 1.54) is 6.08 Å². The Hall–Kier alpha value is -0.920. The molecule has 0 atom stereocenters. The number of carbonyl (C=O) groups is 1. The fourth-order valence-electron chi connectivity index (χ4n) is 1.11. The first-order valence-electron chi connectivity index (χ1n) is 5.37. The quantitative estimate of drug-likeness (QED) is 0.505. The third-order valence-electron chi connectivity index (χ3n) is 1.67. The molecule has 0 radical (unpaired) electrons. The number of nitrogens with one attached hydrogen (secondary N) is 1. The molecule has 0 aromatic rings. The average Bonchev–Trinajstić information content (AvgIpc) is 2.15. The van der Waals surface area contributed by atoms with Crippen molar-refractivity contribution in [1.82, 2.24) is 9.03 Å². The molecule has 0 unspecified atom stereocenters. The second kappa shape index (κ2) is 7.41. The number of esters is 1. The third-order valence-corrected chi connectivity index (χ3v) is 3.40. The minimum Gasteiger partial charge on any atom is -0.465 e. The summed E-state index contributed by atoms with van der Waals surface area (Å²) in [6.07, 6.45) is 1.42. The molecule has 0 heterocycles. The van der Waals surface area contributed by atoms with Crippen molar-refractivity contribution in [2.45, 2.75) is 26.8 Å². The lowest BCUT2D eigenvalue weighted by molar-refractivity contribution is -0.143. The van der Waals surface area contributed by atoms with Gasteiger partial charge < -0.3 is 4.74 Å². The van der Waals surface area contributed by atoms with E-state index in [9.17, 15) is 13.2 Å². The maximum absolute atomic E-state index is 11.8. The van der Waals surface area contributed by atoms with Crippen molar-refractivity contribution in [1.29, 1.82) is 0 Å². The van der Waals surface area contributed by atoms with Crippen LogP contribution < -0.4 is 4.72 Å². The van der Waals surface area contributed by atoms with Crippen LogP contribution in [-0.2, 0) is 19.7 Å². The van der Waals surface area contributed by atoms with Crippen LogP contribution in [0.4, 0.5) is 0 Å². The van der Waals surface area contributed by atoms with Gasteiger partial charge in [0.2, 0.25) is 0 Å². The lowest BCUT2D eigenvalue weighted by Crippen LogP contribution is -2.46. The van der Waals surface area contributed by atoms with Gasteiger partial charge in [0, 0.05) is 12.6 Å². The number of rotatable bonds is 8. The Kier molecular flexibility index (Phi) is 7.01. The molecular formula is C10H20N2O4S. The molecule has 6 nitrogen and oxygen atoms in total. The molecule has 1 N–H and O–H groups in total. The minimum absolute atomic E-state index is 0.0564. The second-order valence-corrected chi connectivity index (χ2v) is 5.37. The lowest BCUT2D eigenvalue weighted by atomic mass is 10.4. The van der Waals surface area contributed by atoms with Crippen LogP contribution in [0.1, 0.15) is 20.8 Å².